The van der Waals surface area contributed by atoms with Crippen LogP contribution in [0.4, 0.5) is 0 Å². The maximum atomic E-state index is 11.8. The molecule has 3 heteroatoms. The normalized spacial score (nSPS) is 18.4. The number of carbonyl (C=O) groups is 1. The van der Waals surface area contributed by atoms with Crippen molar-refractivity contribution in [1.29, 1.82) is 0 Å². The Morgan fingerprint density at radius 2 is 1.89 bits per heavy atom. The number of benzene rings is 1. The molecule has 0 N–H and O–H groups in total. The van der Waals surface area contributed by atoms with Crippen molar-refractivity contribution in [3.8, 4) is 10.6 Å². The molecule has 2 aliphatic rings. The van der Waals surface area contributed by atoms with E-state index in [0.29, 0.717) is 6.42 Å². The highest BCUT2D eigenvalue weighted by Crippen LogP contribution is 2.41. The van der Waals surface area contributed by atoms with Crippen molar-refractivity contribution in [2.45, 2.75) is 38.0 Å². The summed E-state index contributed by atoms with van der Waals surface area (Å²) in [5, 5.41) is 1.00. The van der Waals surface area contributed by atoms with Crippen LogP contribution >= 0.6 is 11.3 Å². The highest BCUT2D eigenvalue weighted by atomic mass is 32.1. The molecular weight excluding hydrogens is 254 g/mol. The smallest absolute Gasteiger partial charge is 0.182 e. The summed E-state index contributed by atoms with van der Waals surface area (Å²) >= 11 is 1.69. The quantitative estimate of drug-likeness (QED) is 0.817. The molecule has 0 radical (unpaired) electrons. The summed E-state index contributed by atoms with van der Waals surface area (Å²) in [6, 6.07) is 8.75. The van der Waals surface area contributed by atoms with Crippen molar-refractivity contribution in [2.75, 3.05) is 0 Å². The number of nitrogens with zero attached hydrogens (tertiary/aromatic N) is 1. The Morgan fingerprint density at radius 3 is 2.58 bits per heavy atom. The minimum Gasteiger partial charge on any atom is -0.292 e. The van der Waals surface area contributed by atoms with Crippen LogP contribution in [0.1, 0.15) is 52.5 Å². The summed E-state index contributed by atoms with van der Waals surface area (Å²) in [4.78, 5) is 17.6. The molecule has 0 atom stereocenters. The topological polar surface area (TPSA) is 30.0 Å². The standard InChI is InChI=1S/C16H15NOS/c18-13-2-1-3-14-15(13)17-16(19-14)12-8-6-11(7-9-12)10-4-5-10/h6-10H,1-5H2. The van der Waals surface area contributed by atoms with E-state index in [4.69, 9.17) is 0 Å². The Morgan fingerprint density at radius 1 is 1.11 bits per heavy atom. The summed E-state index contributed by atoms with van der Waals surface area (Å²) in [6.07, 6.45) is 5.32. The minimum absolute atomic E-state index is 0.221. The van der Waals surface area contributed by atoms with E-state index < -0.39 is 0 Å². The number of Topliss-reactive ketones (excluding diaryl/α,β-unsaturated/α-hetero) is 1. The van der Waals surface area contributed by atoms with Gasteiger partial charge in [0.25, 0.3) is 0 Å². The Hall–Kier alpha value is -1.48. The van der Waals surface area contributed by atoms with Gasteiger partial charge in [-0.15, -0.1) is 11.3 Å². The Bertz CT molecular complexity index is 637. The minimum atomic E-state index is 0.221. The Balaban J connectivity index is 1.69. The first-order chi connectivity index (χ1) is 9.31. The maximum absolute atomic E-state index is 11.8. The van der Waals surface area contributed by atoms with E-state index >= 15 is 0 Å². The molecule has 0 unspecified atom stereocenters. The van der Waals surface area contributed by atoms with Crippen LogP contribution in [0, 0.1) is 0 Å². The SMILES string of the molecule is O=C1CCCc2sc(-c3ccc(C4CC4)cc3)nc21. The lowest BCUT2D eigenvalue weighted by atomic mass is 10.0. The first-order valence-corrected chi connectivity index (χ1v) is 7.76. The third-order valence-electron chi connectivity index (χ3n) is 3.98. The van der Waals surface area contributed by atoms with E-state index in [0.717, 1.165) is 35.0 Å². The lowest BCUT2D eigenvalue weighted by Gasteiger charge is -2.06. The predicted molar refractivity (Wildman–Crippen MR) is 76.8 cm³/mol. The van der Waals surface area contributed by atoms with Crippen molar-refractivity contribution < 1.29 is 4.79 Å². The van der Waals surface area contributed by atoms with Crippen molar-refractivity contribution in [3.05, 3.63) is 40.4 Å². The number of ketones is 1. The highest BCUT2D eigenvalue weighted by molar-refractivity contribution is 7.15. The molecule has 1 aromatic heterocycles. The van der Waals surface area contributed by atoms with Crippen molar-refractivity contribution in [2.24, 2.45) is 0 Å². The second-order valence-electron chi connectivity index (χ2n) is 5.46. The van der Waals surface area contributed by atoms with E-state index in [1.807, 2.05) is 0 Å². The molecule has 0 spiro atoms. The number of carbonyl (C=O) groups excluding carboxylic acids is 1. The Kier molecular flexibility index (Phi) is 2.55. The lowest BCUT2D eigenvalue weighted by molar-refractivity contribution is 0.0968. The average molecular weight is 269 g/mol. The molecular formula is C16H15NOS. The van der Waals surface area contributed by atoms with Gasteiger partial charge in [-0.25, -0.2) is 4.98 Å². The summed E-state index contributed by atoms with van der Waals surface area (Å²) in [5.74, 6) is 1.01. The molecule has 0 amide bonds. The van der Waals surface area contributed by atoms with Gasteiger partial charge in [0.15, 0.2) is 5.78 Å². The van der Waals surface area contributed by atoms with Gasteiger partial charge in [0, 0.05) is 16.9 Å². The van der Waals surface area contributed by atoms with Crippen LogP contribution in [-0.2, 0) is 6.42 Å². The summed E-state index contributed by atoms with van der Waals surface area (Å²) in [6.45, 7) is 0. The van der Waals surface area contributed by atoms with Crippen LogP contribution in [0.15, 0.2) is 24.3 Å². The van der Waals surface area contributed by atoms with Gasteiger partial charge in [0.1, 0.15) is 10.7 Å². The van der Waals surface area contributed by atoms with Crippen molar-refractivity contribution in [3.63, 3.8) is 0 Å². The van der Waals surface area contributed by atoms with Crippen LogP contribution in [0.2, 0.25) is 0 Å². The fourth-order valence-electron chi connectivity index (χ4n) is 2.70. The van der Waals surface area contributed by atoms with E-state index in [1.165, 1.54) is 23.3 Å². The molecule has 0 saturated heterocycles. The average Bonchev–Trinajstić information content (AvgIpc) is 3.19. The number of rotatable bonds is 2. The molecule has 2 aliphatic carbocycles. The summed E-state index contributed by atoms with van der Waals surface area (Å²) < 4.78 is 0. The van der Waals surface area contributed by atoms with Crippen LogP contribution < -0.4 is 0 Å². The second-order valence-corrected chi connectivity index (χ2v) is 6.55. The maximum Gasteiger partial charge on any atom is 0.182 e. The monoisotopic (exact) mass is 269 g/mol. The van der Waals surface area contributed by atoms with Gasteiger partial charge < -0.3 is 0 Å². The van der Waals surface area contributed by atoms with Gasteiger partial charge >= 0.3 is 0 Å². The molecule has 2 nitrogen and oxygen atoms in total. The zero-order chi connectivity index (χ0) is 12.8. The van der Waals surface area contributed by atoms with E-state index in [2.05, 4.69) is 29.2 Å². The summed E-state index contributed by atoms with van der Waals surface area (Å²) in [7, 11) is 0. The lowest BCUT2D eigenvalue weighted by Crippen LogP contribution is -2.08. The first-order valence-electron chi connectivity index (χ1n) is 6.94. The zero-order valence-electron chi connectivity index (χ0n) is 10.7. The van der Waals surface area contributed by atoms with Gasteiger partial charge in [0.2, 0.25) is 0 Å². The van der Waals surface area contributed by atoms with Crippen LogP contribution in [0.5, 0.6) is 0 Å². The highest BCUT2D eigenvalue weighted by Gasteiger charge is 2.24. The number of fused-ring (bicyclic) bond motifs is 1. The zero-order valence-corrected chi connectivity index (χ0v) is 11.5. The number of hydrogen-bond acceptors (Lipinski definition) is 3. The first kappa shape index (κ1) is 11.4. The fraction of sp³-hybridized carbons (Fsp3) is 0.375. The van der Waals surface area contributed by atoms with Crippen molar-refractivity contribution in [1.82, 2.24) is 4.98 Å². The van der Waals surface area contributed by atoms with Gasteiger partial charge in [-0.05, 0) is 37.2 Å². The molecule has 96 valence electrons. The molecule has 1 fully saturated rings. The second kappa shape index (κ2) is 4.27. The third-order valence-corrected chi connectivity index (χ3v) is 5.14. The largest absolute Gasteiger partial charge is 0.292 e. The Labute approximate surface area is 116 Å². The third kappa shape index (κ3) is 2.02. The van der Waals surface area contributed by atoms with Gasteiger partial charge in [0.05, 0.1) is 0 Å². The molecule has 4 rings (SSSR count). The van der Waals surface area contributed by atoms with Crippen LogP contribution in [-0.4, -0.2) is 10.8 Å². The van der Waals surface area contributed by atoms with Gasteiger partial charge in [-0.3, -0.25) is 4.79 Å². The molecule has 0 aliphatic heterocycles. The fourth-order valence-corrected chi connectivity index (χ4v) is 3.83. The molecule has 19 heavy (non-hydrogen) atoms. The number of aromatic nitrogens is 1. The van der Waals surface area contributed by atoms with Gasteiger partial charge in [-0.2, -0.15) is 0 Å². The van der Waals surface area contributed by atoms with Gasteiger partial charge in [-0.1, -0.05) is 24.3 Å². The molecule has 1 aromatic carbocycles. The number of aryl methyl sites for hydroxylation is 1. The van der Waals surface area contributed by atoms with E-state index in [-0.39, 0.29) is 5.78 Å². The molecule has 1 saturated carbocycles. The molecule has 2 aromatic rings. The predicted octanol–water partition coefficient (Wildman–Crippen LogP) is 4.21. The van der Waals surface area contributed by atoms with Crippen LogP contribution in [0.3, 0.4) is 0 Å². The van der Waals surface area contributed by atoms with Crippen LogP contribution in [0.25, 0.3) is 10.6 Å². The molecule has 1 heterocycles. The van der Waals surface area contributed by atoms with Crippen molar-refractivity contribution >= 4 is 17.1 Å². The van der Waals surface area contributed by atoms with E-state index in [9.17, 15) is 4.79 Å². The molecule has 0 bridgehead atoms. The summed E-state index contributed by atoms with van der Waals surface area (Å²) in [5.41, 5.74) is 3.33. The number of hydrogen-bond donors (Lipinski definition) is 0. The van der Waals surface area contributed by atoms with E-state index in [1.54, 1.807) is 11.3 Å². The number of thiazole rings is 1.